The molecule has 158 valence electrons. The average Bonchev–Trinajstić information content (AvgIpc) is 2.75. The van der Waals surface area contributed by atoms with E-state index in [-0.39, 0.29) is 0 Å². The standard InChI is InChI=1S/C10H7F12N3S2/c1-25(2)3-4(24-27-5(6(11,12)13)7(14,15)16)26-8(23-3,9(17,18)19)10(20,21)22/h5H,1-2H3. The van der Waals surface area contributed by atoms with Gasteiger partial charge >= 0.3 is 29.6 Å². The molecule has 1 aliphatic rings. The fraction of sp³-hybridized carbons (Fsp3) is 0.800. The largest absolute Gasteiger partial charge is 0.432 e. The van der Waals surface area contributed by atoms with Gasteiger partial charge in [-0.05, 0) is 11.9 Å². The second-order valence-electron chi connectivity index (χ2n) is 5.04. The Hall–Kier alpha value is -1.00. The first-order chi connectivity index (χ1) is 11.7. The van der Waals surface area contributed by atoms with Gasteiger partial charge in [0.25, 0.3) is 0 Å². The molecular formula is C10H7F12N3S2. The van der Waals surface area contributed by atoms with Crippen molar-refractivity contribution in [1.82, 2.24) is 4.90 Å². The van der Waals surface area contributed by atoms with Crippen molar-refractivity contribution in [2.75, 3.05) is 14.1 Å². The third kappa shape index (κ3) is 4.89. The second kappa shape index (κ2) is 7.11. The number of alkyl halides is 12. The normalized spacial score (nSPS) is 20.4. The summed E-state index contributed by atoms with van der Waals surface area (Å²) in [5.74, 6) is -1.16. The molecule has 0 atom stereocenters. The van der Waals surface area contributed by atoms with Crippen LogP contribution in [-0.2, 0) is 0 Å². The molecule has 0 unspecified atom stereocenters. The van der Waals surface area contributed by atoms with E-state index in [4.69, 9.17) is 0 Å². The summed E-state index contributed by atoms with van der Waals surface area (Å²) in [5.41, 5.74) is 0. The van der Waals surface area contributed by atoms with Gasteiger partial charge < -0.3 is 4.90 Å². The number of aliphatic imine (C=N–C) groups is 1. The summed E-state index contributed by atoms with van der Waals surface area (Å²) < 4.78 is 155. The molecule has 1 heterocycles. The lowest BCUT2D eigenvalue weighted by atomic mass is 10.2. The predicted molar refractivity (Wildman–Crippen MR) is 74.5 cm³/mol. The number of halogens is 12. The molecule has 1 aliphatic heterocycles. The van der Waals surface area contributed by atoms with Gasteiger partial charge in [0.15, 0.2) is 5.84 Å². The molecule has 0 saturated heterocycles. The van der Waals surface area contributed by atoms with Gasteiger partial charge in [0.2, 0.25) is 5.25 Å². The molecule has 0 bridgehead atoms. The minimum Gasteiger partial charge on any atom is -0.361 e. The van der Waals surface area contributed by atoms with Gasteiger partial charge in [0, 0.05) is 14.1 Å². The first kappa shape index (κ1) is 24.0. The van der Waals surface area contributed by atoms with E-state index in [0.717, 1.165) is 14.1 Å². The van der Waals surface area contributed by atoms with E-state index in [9.17, 15) is 52.7 Å². The van der Waals surface area contributed by atoms with Crippen molar-refractivity contribution in [3.63, 3.8) is 0 Å². The minimum absolute atomic E-state index is 0.557. The summed E-state index contributed by atoms with van der Waals surface area (Å²) in [6.45, 7) is 0. The molecule has 0 aliphatic carbocycles. The van der Waals surface area contributed by atoms with Crippen LogP contribution >= 0.6 is 23.7 Å². The van der Waals surface area contributed by atoms with Crippen LogP contribution in [0.5, 0.6) is 0 Å². The summed E-state index contributed by atoms with van der Waals surface area (Å²) in [4.78, 5) is -1.75. The van der Waals surface area contributed by atoms with E-state index in [1.54, 1.807) is 0 Å². The van der Waals surface area contributed by atoms with Crippen molar-refractivity contribution < 1.29 is 52.7 Å². The Kier molecular flexibility index (Phi) is 6.33. The fourth-order valence-electron chi connectivity index (χ4n) is 1.56. The monoisotopic (exact) mass is 461 g/mol. The van der Waals surface area contributed by atoms with Gasteiger partial charge in [0.05, 0.1) is 0 Å². The summed E-state index contributed by atoms with van der Waals surface area (Å²) in [7, 11) is 1.79. The Labute approximate surface area is 151 Å². The van der Waals surface area contributed by atoms with Crippen LogP contribution in [0.15, 0.2) is 9.39 Å². The van der Waals surface area contributed by atoms with Gasteiger partial charge in [-0.1, -0.05) is 11.8 Å². The summed E-state index contributed by atoms with van der Waals surface area (Å²) in [6.07, 6.45) is -23.9. The zero-order chi connectivity index (χ0) is 21.6. The number of hydrogen-bond acceptors (Lipinski definition) is 5. The third-order valence-corrected chi connectivity index (χ3v) is 5.19. The lowest BCUT2D eigenvalue weighted by molar-refractivity contribution is -0.261. The van der Waals surface area contributed by atoms with Crippen LogP contribution in [0, 0.1) is 0 Å². The number of hydrogen-bond donors (Lipinski definition) is 0. The van der Waals surface area contributed by atoms with Gasteiger partial charge in [-0.3, -0.25) is 0 Å². The molecule has 0 aromatic carbocycles. The smallest absolute Gasteiger partial charge is 0.361 e. The molecule has 17 heteroatoms. The van der Waals surface area contributed by atoms with Crippen LogP contribution < -0.4 is 0 Å². The minimum atomic E-state index is -6.05. The zero-order valence-electron chi connectivity index (χ0n) is 12.8. The third-order valence-electron chi connectivity index (χ3n) is 2.73. The van der Waals surface area contributed by atoms with E-state index in [1.807, 2.05) is 0 Å². The number of rotatable bonds is 2. The van der Waals surface area contributed by atoms with Crippen molar-refractivity contribution in [1.29, 1.82) is 0 Å². The summed E-state index contributed by atoms with van der Waals surface area (Å²) in [6, 6.07) is 0. The number of thioether (sulfide) groups is 1. The molecule has 1 rings (SSSR count). The highest BCUT2D eigenvalue weighted by Crippen LogP contribution is 2.57. The lowest BCUT2D eigenvalue weighted by Crippen LogP contribution is -2.51. The van der Waals surface area contributed by atoms with Gasteiger partial charge in [0.1, 0.15) is 5.04 Å². The number of nitrogens with zero attached hydrogens (tertiary/aromatic N) is 3. The molecule has 27 heavy (non-hydrogen) atoms. The Bertz CT molecular complexity index is 585. The molecule has 3 nitrogen and oxygen atoms in total. The van der Waals surface area contributed by atoms with Crippen molar-refractivity contribution in [2.24, 2.45) is 9.39 Å². The van der Waals surface area contributed by atoms with E-state index in [2.05, 4.69) is 9.39 Å². The van der Waals surface area contributed by atoms with Crippen LogP contribution in [0.25, 0.3) is 0 Å². The highest BCUT2D eigenvalue weighted by Gasteiger charge is 2.75. The van der Waals surface area contributed by atoms with E-state index >= 15 is 0 Å². The topological polar surface area (TPSA) is 28.0 Å². The maximum atomic E-state index is 13.0. The molecule has 0 spiro atoms. The highest BCUT2D eigenvalue weighted by molar-refractivity contribution is 8.18. The molecular weight excluding hydrogens is 454 g/mol. The summed E-state index contributed by atoms with van der Waals surface area (Å²) in [5, 5.41) is -5.52. The molecule has 0 aromatic rings. The van der Waals surface area contributed by atoms with Crippen molar-refractivity contribution in [3.8, 4) is 0 Å². The molecule has 0 saturated carbocycles. The fourth-order valence-corrected chi connectivity index (χ4v) is 3.33. The first-order valence-electron chi connectivity index (χ1n) is 6.21. The number of amidine groups is 1. The molecule has 0 aromatic heterocycles. The molecule has 0 N–H and O–H groups in total. The van der Waals surface area contributed by atoms with Gasteiger partial charge in [-0.15, -0.1) is 0 Å². The molecule has 0 amide bonds. The van der Waals surface area contributed by atoms with Crippen LogP contribution in [0.1, 0.15) is 0 Å². The lowest BCUT2D eigenvalue weighted by Gasteiger charge is -2.29. The SMILES string of the molecule is CN(C)C1=NC(C(F)(F)F)(C(F)(F)F)SC1=NSC(C(F)(F)F)C(F)(F)F. The zero-order valence-corrected chi connectivity index (χ0v) is 14.4. The highest BCUT2D eigenvalue weighted by atomic mass is 32.2. The molecule has 0 radical (unpaired) electrons. The van der Waals surface area contributed by atoms with Crippen molar-refractivity contribution in [3.05, 3.63) is 0 Å². The van der Waals surface area contributed by atoms with E-state index in [1.165, 1.54) is 0 Å². The summed E-state index contributed by atoms with van der Waals surface area (Å²) >= 11 is -2.38. The quantitative estimate of drug-likeness (QED) is 0.426. The maximum Gasteiger partial charge on any atom is 0.432 e. The van der Waals surface area contributed by atoms with Gasteiger partial charge in [-0.25, -0.2) is 9.39 Å². The predicted octanol–water partition coefficient (Wildman–Crippen LogP) is 5.05. The Balaban J connectivity index is 3.41. The van der Waals surface area contributed by atoms with Gasteiger partial charge in [-0.2, -0.15) is 52.7 Å². The van der Waals surface area contributed by atoms with E-state index in [0.29, 0.717) is 4.90 Å². The first-order valence-corrected chi connectivity index (χ1v) is 7.86. The van der Waals surface area contributed by atoms with Crippen molar-refractivity contribution in [2.45, 2.75) is 34.8 Å². The van der Waals surface area contributed by atoms with Crippen molar-refractivity contribution >= 4 is 34.6 Å². The Morgan fingerprint density at radius 2 is 1.30 bits per heavy atom. The second-order valence-corrected chi connectivity index (χ2v) is 7.08. The van der Waals surface area contributed by atoms with Crippen LogP contribution in [0.4, 0.5) is 52.7 Å². The van der Waals surface area contributed by atoms with Crippen LogP contribution in [0.2, 0.25) is 0 Å². The maximum absolute atomic E-state index is 13.0. The molecule has 0 fully saturated rings. The Morgan fingerprint density at radius 1 is 0.889 bits per heavy atom. The van der Waals surface area contributed by atoms with E-state index < -0.39 is 69.4 Å². The van der Waals surface area contributed by atoms with Crippen LogP contribution in [-0.4, -0.2) is 64.7 Å². The average molecular weight is 461 g/mol. The Morgan fingerprint density at radius 3 is 1.59 bits per heavy atom. The van der Waals surface area contributed by atoms with Crippen LogP contribution in [0.3, 0.4) is 0 Å².